The van der Waals surface area contributed by atoms with E-state index in [0.717, 1.165) is 6.42 Å². The van der Waals surface area contributed by atoms with E-state index in [-0.39, 0.29) is 11.5 Å². The highest BCUT2D eigenvalue weighted by Gasteiger charge is 2.32. The summed E-state index contributed by atoms with van der Waals surface area (Å²) in [7, 11) is 0. The predicted octanol–water partition coefficient (Wildman–Crippen LogP) is 3.63. The maximum Gasteiger partial charge on any atom is 0.253 e. The van der Waals surface area contributed by atoms with E-state index >= 15 is 0 Å². The molecule has 2 rings (SSSR count). The van der Waals surface area contributed by atoms with E-state index < -0.39 is 29.2 Å². The molecule has 100 valence electrons. The van der Waals surface area contributed by atoms with Crippen LogP contribution in [-0.2, 0) is 0 Å². The summed E-state index contributed by atoms with van der Waals surface area (Å²) >= 11 is 0. The summed E-state index contributed by atoms with van der Waals surface area (Å²) in [6, 6.07) is -0.190. The Labute approximate surface area is 102 Å². The van der Waals surface area contributed by atoms with Gasteiger partial charge in [0.25, 0.3) is 11.9 Å². The van der Waals surface area contributed by atoms with Gasteiger partial charge in [-0.2, -0.15) is 22.5 Å². The van der Waals surface area contributed by atoms with Gasteiger partial charge in [0, 0.05) is 6.04 Å². The molecule has 1 atom stereocenters. The van der Waals surface area contributed by atoms with Crippen LogP contribution in [0.15, 0.2) is 0 Å². The molecule has 1 saturated carbocycles. The first-order chi connectivity index (χ1) is 8.30. The highest BCUT2D eigenvalue weighted by atomic mass is 19.2. The SMILES string of the molecule is CC1(C)CCC(Nc2c(F)c(F)nc(F)c2F)C1. The van der Waals surface area contributed by atoms with Crippen LogP contribution in [-0.4, -0.2) is 11.0 Å². The lowest BCUT2D eigenvalue weighted by Crippen LogP contribution is -2.20. The maximum absolute atomic E-state index is 13.4. The Morgan fingerprint density at radius 2 is 1.67 bits per heavy atom. The van der Waals surface area contributed by atoms with Crippen LogP contribution in [0.25, 0.3) is 0 Å². The number of rotatable bonds is 2. The van der Waals surface area contributed by atoms with Crippen LogP contribution in [0.3, 0.4) is 0 Å². The average Bonchev–Trinajstić information content (AvgIpc) is 2.62. The van der Waals surface area contributed by atoms with E-state index in [0.29, 0.717) is 12.8 Å². The Morgan fingerprint density at radius 1 is 1.11 bits per heavy atom. The number of pyridine rings is 1. The largest absolute Gasteiger partial charge is 0.377 e. The zero-order valence-electron chi connectivity index (χ0n) is 10.2. The minimum absolute atomic E-state index is 0.0642. The molecule has 1 unspecified atom stereocenters. The fourth-order valence-corrected chi connectivity index (χ4v) is 2.38. The molecule has 1 aromatic heterocycles. The van der Waals surface area contributed by atoms with Crippen LogP contribution in [0.5, 0.6) is 0 Å². The number of nitrogens with one attached hydrogen (secondary N) is 1. The zero-order chi connectivity index (χ0) is 13.5. The molecule has 0 radical (unpaired) electrons. The van der Waals surface area contributed by atoms with E-state index in [9.17, 15) is 17.6 Å². The summed E-state index contributed by atoms with van der Waals surface area (Å²) in [5.41, 5.74) is -0.697. The first-order valence-corrected chi connectivity index (χ1v) is 5.77. The van der Waals surface area contributed by atoms with Crippen LogP contribution in [0.1, 0.15) is 33.1 Å². The summed E-state index contributed by atoms with van der Waals surface area (Å²) in [5.74, 6) is -6.21. The number of nitrogens with zero attached hydrogens (tertiary/aromatic N) is 1. The van der Waals surface area contributed by atoms with E-state index in [2.05, 4.69) is 10.3 Å². The molecule has 6 heteroatoms. The highest BCUT2D eigenvalue weighted by Crippen LogP contribution is 2.39. The Balaban J connectivity index is 2.25. The van der Waals surface area contributed by atoms with E-state index in [1.54, 1.807) is 0 Å². The Morgan fingerprint density at radius 3 is 2.11 bits per heavy atom. The van der Waals surface area contributed by atoms with Crippen LogP contribution in [0.4, 0.5) is 23.2 Å². The van der Waals surface area contributed by atoms with Crippen molar-refractivity contribution in [1.29, 1.82) is 0 Å². The third-order valence-electron chi connectivity index (χ3n) is 3.31. The molecule has 0 saturated heterocycles. The second-order valence-electron chi connectivity index (χ2n) is 5.44. The van der Waals surface area contributed by atoms with Gasteiger partial charge in [0.1, 0.15) is 5.69 Å². The second kappa shape index (κ2) is 4.40. The maximum atomic E-state index is 13.4. The van der Waals surface area contributed by atoms with Gasteiger partial charge in [-0.1, -0.05) is 13.8 Å². The molecule has 1 fully saturated rings. The molecule has 1 aliphatic carbocycles. The van der Waals surface area contributed by atoms with Crippen molar-refractivity contribution in [2.75, 3.05) is 5.32 Å². The van der Waals surface area contributed by atoms with Gasteiger partial charge in [0.15, 0.2) is 0 Å². The van der Waals surface area contributed by atoms with Crippen LogP contribution < -0.4 is 5.32 Å². The number of aromatic nitrogens is 1. The van der Waals surface area contributed by atoms with Crippen molar-refractivity contribution in [1.82, 2.24) is 4.98 Å². The molecule has 1 heterocycles. The molecule has 18 heavy (non-hydrogen) atoms. The second-order valence-corrected chi connectivity index (χ2v) is 5.44. The van der Waals surface area contributed by atoms with Gasteiger partial charge in [0.2, 0.25) is 11.6 Å². The summed E-state index contributed by atoms with van der Waals surface area (Å²) < 4.78 is 52.6. The number of hydrogen-bond acceptors (Lipinski definition) is 2. The summed E-state index contributed by atoms with van der Waals surface area (Å²) in [4.78, 5) is 2.51. The Bertz CT molecular complexity index is 447. The van der Waals surface area contributed by atoms with Gasteiger partial charge < -0.3 is 5.32 Å². The zero-order valence-corrected chi connectivity index (χ0v) is 10.2. The van der Waals surface area contributed by atoms with Gasteiger partial charge in [-0.05, 0) is 24.7 Å². The Hall–Kier alpha value is -1.33. The van der Waals surface area contributed by atoms with Crippen molar-refractivity contribution in [3.8, 4) is 0 Å². The normalized spacial score (nSPS) is 22.2. The van der Waals surface area contributed by atoms with E-state index in [1.807, 2.05) is 13.8 Å². The van der Waals surface area contributed by atoms with Crippen molar-refractivity contribution in [3.63, 3.8) is 0 Å². The first-order valence-electron chi connectivity index (χ1n) is 5.77. The highest BCUT2D eigenvalue weighted by molar-refractivity contribution is 5.46. The lowest BCUT2D eigenvalue weighted by molar-refractivity contribution is 0.377. The molecule has 1 aliphatic rings. The summed E-state index contributed by atoms with van der Waals surface area (Å²) in [6.07, 6.45) is 2.29. The van der Waals surface area contributed by atoms with Crippen LogP contribution in [0.2, 0.25) is 0 Å². The molecule has 0 aromatic carbocycles. The number of halogens is 4. The average molecular weight is 262 g/mol. The standard InChI is InChI=1S/C12H14F4N2/c1-12(2)4-3-6(5-12)17-9-7(13)10(15)18-11(16)8(9)14/h6H,3-5H2,1-2H3,(H,17,18). The monoisotopic (exact) mass is 262 g/mol. The molecule has 2 nitrogen and oxygen atoms in total. The minimum Gasteiger partial charge on any atom is -0.377 e. The molecule has 0 bridgehead atoms. The summed E-state index contributed by atoms with van der Waals surface area (Å²) in [5, 5.41) is 2.54. The Kier molecular flexibility index (Phi) is 3.21. The quantitative estimate of drug-likeness (QED) is 0.650. The van der Waals surface area contributed by atoms with Gasteiger partial charge in [-0.25, -0.2) is 0 Å². The van der Waals surface area contributed by atoms with E-state index in [4.69, 9.17) is 0 Å². The van der Waals surface area contributed by atoms with Crippen molar-refractivity contribution < 1.29 is 17.6 Å². The smallest absolute Gasteiger partial charge is 0.253 e. The van der Waals surface area contributed by atoms with Crippen molar-refractivity contribution in [2.24, 2.45) is 5.41 Å². The van der Waals surface area contributed by atoms with Crippen molar-refractivity contribution >= 4 is 5.69 Å². The molecule has 1 aromatic rings. The molecule has 1 N–H and O–H groups in total. The van der Waals surface area contributed by atoms with Crippen molar-refractivity contribution in [2.45, 2.75) is 39.2 Å². The minimum atomic E-state index is -1.63. The van der Waals surface area contributed by atoms with Gasteiger partial charge in [0.05, 0.1) is 0 Å². The number of anilines is 1. The topological polar surface area (TPSA) is 24.9 Å². The van der Waals surface area contributed by atoms with Crippen LogP contribution >= 0.6 is 0 Å². The number of hydrogen-bond donors (Lipinski definition) is 1. The third-order valence-corrected chi connectivity index (χ3v) is 3.31. The van der Waals surface area contributed by atoms with Crippen LogP contribution in [0, 0.1) is 28.9 Å². The molecule has 0 amide bonds. The predicted molar refractivity (Wildman–Crippen MR) is 59.1 cm³/mol. The summed E-state index contributed by atoms with van der Waals surface area (Å²) in [6.45, 7) is 4.07. The lowest BCUT2D eigenvalue weighted by atomic mass is 9.92. The van der Waals surface area contributed by atoms with Gasteiger partial charge in [-0.3, -0.25) is 0 Å². The molecule has 0 aliphatic heterocycles. The van der Waals surface area contributed by atoms with Crippen molar-refractivity contribution in [3.05, 3.63) is 23.5 Å². The fourth-order valence-electron chi connectivity index (χ4n) is 2.38. The fraction of sp³-hybridized carbons (Fsp3) is 0.583. The molecule has 0 spiro atoms. The van der Waals surface area contributed by atoms with Gasteiger partial charge in [-0.15, -0.1) is 0 Å². The lowest BCUT2D eigenvalue weighted by Gasteiger charge is -2.19. The molecular formula is C12H14F4N2. The van der Waals surface area contributed by atoms with E-state index in [1.165, 1.54) is 0 Å². The third kappa shape index (κ3) is 2.42. The first kappa shape index (κ1) is 13.1. The van der Waals surface area contributed by atoms with Gasteiger partial charge >= 0.3 is 0 Å². The molecular weight excluding hydrogens is 248 g/mol.